The highest BCUT2D eigenvalue weighted by Gasteiger charge is 2.33. The van der Waals surface area contributed by atoms with Crippen LogP contribution in [0.5, 0.6) is 0 Å². The van der Waals surface area contributed by atoms with Gasteiger partial charge in [-0.2, -0.15) is 25.8 Å². The molecule has 0 radical (unpaired) electrons. The molecule has 1 aromatic carbocycles. The fraction of sp³-hybridized carbons (Fsp3) is 0.200. The molecule has 0 unspecified atom stereocenters. The minimum absolute atomic E-state index is 0.303. The van der Waals surface area contributed by atoms with Gasteiger partial charge in [-0.1, -0.05) is 18.2 Å². The Kier molecular flexibility index (Phi) is 3.79. The van der Waals surface area contributed by atoms with Crippen LogP contribution in [-0.4, -0.2) is 5.75 Å². The van der Waals surface area contributed by atoms with E-state index in [2.05, 4.69) is 12.6 Å². The summed E-state index contributed by atoms with van der Waals surface area (Å²) in [7, 11) is 0. The lowest BCUT2D eigenvalue weighted by Gasteiger charge is -2.08. The predicted octanol–water partition coefficient (Wildman–Crippen LogP) is 3.79. The molecule has 5 heteroatoms. The third-order valence-electron chi connectivity index (χ3n) is 1.71. The smallest absolute Gasteiger partial charge is 0.206 e. The predicted molar refractivity (Wildman–Crippen MR) is 54.3 cm³/mol. The quantitative estimate of drug-likeness (QED) is 0.586. The SMILES string of the molecule is Fc1ccc(C=CCS)cc1C(F)(F)F. The first-order valence-corrected chi connectivity index (χ1v) is 4.72. The molecule has 0 aliphatic heterocycles. The first-order chi connectivity index (χ1) is 6.95. The molecule has 0 aliphatic carbocycles. The molecule has 0 saturated heterocycles. The third-order valence-corrected chi connectivity index (χ3v) is 1.92. The molecule has 0 fully saturated rings. The summed E-state index contributed by atoms with van der Waals surface area (Å²) in [5.74, 6) is -0.843. The van der Waals surface area contributed by atoms with Gasteiger partial charge in [-0.3, -0.25) is 0 Å². The summed E-state index contributed by atoms with van der Waals surface area (Å²) >= 11 is 3.87. The molecule has 1 rings (SSSR count). The fourth-order valence-electron chi connectivity index (χ4n) is 1.05. The minimum Gasteiger partial charge on any atom is -0.206 e. The first kappa shape index (κ1) is 12.1. The number of hydrogen-bond donors (Lipinski definition) is 1. The van der Waals surface area contributed by atoms with Crippen molar-refractivity contribution in [3.63, 3.8) is 0 Å². The summed E-state index contributed by atoms with van der Waals surface area (Å²) in [4.78, 5) is 0. The number of benzene rings is 1. The Morgan fingerprint density at radius 2 is 1.93 bits per heavy atom. The molecule has 0 aliphatic rings. The largest absolute Gasteiger partial charge is 0.419 e. The van der Waals surface area contributed by atoms with Gasteiger partial charge < -0.3 is 0 Å². The summed E-state index contributed by atoms with van der Waals surface area (Å²) < 4.78 is 49.6. The molecule has 0 spiro atoms. The van der Waals surface area contributed by atoms with Gasteiger partial charge in [0, 0.05) is 5.75 Å². The zero-order valence-corrected chi connectivity index (χ0v) is 8.45. The summed E-state index contributed by atoms with van der Waals surface area (Å²) in [6, 6.07) is 2.86. The number of rotatable bonds is 2. The van der Waals surface area contributed by atoms with Crippen molar-refractivity contribution in [2.24, 2.45) is 0 Å². The molecule has 0 atom stereocenters. The van der Waals surface area contributed by atoms with Gasteiger partial charge in [0.2, 0.25) is 0 Å². The van der Waals surface area contributed by atoms with Crippen LogP contribution in [0, 0.1) is 5.82 Å². The van der Waals surface area contributed by atoms with Crippen molar-refractivity contribution < 1.29 is 17.6 Å². The number of halogens is 4. The molecule has 0 heterocycles. The normalized spacial score (nSPS) is 12.3. The monoisotopic (exact) mass is 236 g/mol. The topological polar surface area (TPSA) is 0 Å². The molecular formula is C10H8F4S. The highest BCUT2D eigenvalue weighted by atomic mass is 32.1. The highest BCUT2D eigenvalue weighted by Crippen LogP contribution is 2.32. The van der Waals surface area contributed by atoms with E-state index in [0.717, 1.165) is 12.1 Å². The first-order valence-electron chi connectivity index (χ1n) is 4.09. The van der Waals surface area contributed by atoms with Gasteiger partial charge in [0.1, 0.15) is 5.82 Å². The number of alkyl halides is 3. The van der Waals surface area contributed by atoms with E-state index in [9.17, 15) is 17.6 Å². The Morgan fingerprint density at radius 1 is 1.27 bits per heavy atom. The lowest BCUT2D eigenvalue weighted by Crippen LogP contribution is -2.08. The van der Waals surface area contributed by atoms with Crippen molar-refractivity contribution >= 4 is 18.7 Å². The maximum absolute atomic E-state index is 12.8. The van der Waals surface area contributed by atoms with E-state index in [-0.39, 0.29) is 0 Å². The molecule has 0 N–H and O–H groups in total. The maximum Gasteiger partial charge on any atom is 0.419 e. The molecule has 82 valence electrons. The maximum atomic E-state index is 12.8. The highest BCUT2D eigenvalue weighted by molar-refractivity contribution is 7.80. The van der Waals surface area contributed by atoms with Crippen LogP contribution in [-0.2, 0) is 6.18 Å². The van der Waals surface area contributed by atoms with Crippen molar-refractivity contribution in [1.82, 2.24) is 0 Å². The Labute approximate surface area is 90.0 Å². The average molecular weight is 236 g/mol. The van der Waals surface area contributed by atoms with Crippen LogP contribution in [0.3, 0.4) is 0 Å². The summed E-state index contributed by atoms with van der Waals surface area (Å²) in [6.45, 7) is 0. The Balaban J connectivity index is 3.11. The zero-order valence-electron chi connectivity index (χ0n) is 7.55. The number of thiol groups is 1. The van der Waals surface area contributed by atoms with Crippen LogP contribution in [0.1, 0.15) is 11.1 Å². The molecule has 0 saturated carbocycles. The Morgan fingerprint density at radius 3 is 2.47 bits per heavy atom. The van der Waals surface area contributed by atoms with Crippen molar-refractivity contribution in [1.29, 1.82) is 0 Å². The van der Waals surface area contributed by atoms with Crippen LogP contribution in [0.2, 0.25) is 0 Å². The molecular weight excluding hydrogens is 228 g/mol. The minimum atomic E-state index is -4.66. The van der Waals surface area contributed by atoms with Crippen LogP contribution in [0.4, 0.5) is 17.6 Å². The molecule has 0 nitrogen and oxygen atoms in total. The molecule has 15 heavy (non-hydrogen) atoms. The van der Waals surface area contributed by atoms with E-state index < -0.39 is 17.6 Å². The van der Waals surface area contributed by atoms with Crippen molar-refractivity contribution in [3.8, 4) is 0 Å². The van der Waals surface area contributed by atoms with Gasteiger partial charge in [-0.05, 0) is 17.7 Å². The van der Waals surface area contributed by atoms with Gasteiger partial charge in [-0.25, -0.2) is 4.39 Å². The Bertz CT molecular complexity index is 368. The van der Waals surface area contributed by atoms with E-state index in [1.165, 1.54) is 12.1 Å². The van der Waals surface area contributed by atoms with Gasteiger partial charge in [0.15, 0.2) is 0 Å². The second kappa shape index (κ2) is 4.70. The van der Waals surface area contributed by atoms with Crippen molar-refractivity contribution in [3.05, 3.63) is 41.2 Å². The molecule has 0 aromatic heterocycles. The number of hydrogen-bond acceptors (Lipinski definition) is 1. The molecule has 0 bridgehead atoms. The van der Waals surface area contributed by atoms with Crippen LogP contribution in [0.25, 0.3) is 6.08 Å². The average Bonchev–Trinajstić information content (AvgIpc) is 2.15. The summed E-state index contributed by atoms with van der Waals surface area (Å²) in [5, 5.41) is 0. The lowest BCUT2D eigenvalue weighted by atomic mass is 10.1. The van der Waals surface area contributed by atoms with E-state index in [0.29, 0.717) is 11.3 Å². The summed E-state index contributed by atoms with van der Waals surface area (Å²) in [6.07, 6.45) is -1.62. The summed E-state index contributed by atoms with van der Waals surface area (Å²) in [5.41, 5.74) is -0.943. The zero-order chi connectivity index (χ0) is 11.5. The van der Waals surface area contributed by atoms with Crippen LogP contribution in [0.15, 0.2) is 24.3 Å². The van der Waals surface area contributed by atoms with Crippen molar-refractivity contribution in [2.75, 3.05) is 5.75 Å². The lowest BCUT2D eigenvalue weighted by molar-refractivity contribution is -0.140. The molecule has 0 amide bonds. The van der Waals surface area contributed by atoms with Gasteiger partial charge in [-0.15, -0.1) is 0 Å². The van der Waals surface area contributed by atoms with E-state index >= 15 is 0 Å². The van der Waals surface area contributed by atoms with Crippen LogP contribution >= 0.6 is 12.6 Å². The Hall–Kier alpha value is -0.970. The van der Waals surface area contributed by atoms with E-state index in [1.54, 1.807) is 6.08 Å². The van der Waals surface area contributed by atoms with E-state index in [4.69, 9.17) is 0 Å². The van der Waals surface area contributed by atoms with E-state index in [1.807, 2.05) is 0 Å². The van der Waals surface area contributed by atoms with Crippen LogP contribution < -0.4 is 0 Å². The third kappa shape index (κ3) is 3.27. The second-order valence-electron chi connectivity index (χ2n) is 2.82. The molecule has 1 aromatic rings. The van der Waals surface area contributed by atoms with Gasteiger partial charge in [0.05, 0.1) is 5.56 Å². The van der Waals surface area contributed by atoms with Gasteiger partial charge in [0.25, 0.3) is 0 Å². The standard InChI is InChI=1S/C10H8F4S/c11-9-4-3-7(2-1-5-15)6-8(9)10(12,13)14/h1-4,6,15H,5H2. The van der Waals surface area contributed by atoms with Crippen molar-refractivity contribution in [2.45, 2.75) is 6.18 Å². The fourth-order valence-corrected chi connectivity index (χ4v) is 1.16. The van der Waals surface area contributed by atoms with Gasteiger partial charge >= 0.3 is 6.18 Å². The second-order valence-corrected chi connectivity index (χ2v) is 3.19.